The first-order valence-corrected chi connectivity index (χ1v) is 6.38. The lowest BCUT2D eigenvalue weighted by Crippen LogP contribution is -1.99. The van der Waals surface area contributed by atoms with Crippen molar-refractivity contribution in [2.45, 2.75) is 11.6 Å². The number of tetrazole rings is 1. The number of hydrogen-bond donors (Lipinski definition) is 0. The molecule has 1 aromatic carbocycles. The Morgan fingerprint density at radius 3 is 2.94 bits per heavy atom. The predicted molar refractivity (Wildman–Crippen MR) is 68.5 cm³/mol. The molecule has 2 rings (SSSR count). The highest BCUT2D eigenvalue weighted by Gasteiger charge is 2.07. The van der Waals surface area contributed by atoms with Crippen LogP contribution < -0.4 is 0 Å². The van der Waals surface area contributed by atoms with E-state index in [-0.39, 0.29) is 0 Å². The lowest BCUT2D eigenvalue weighted by Gasteiger charge is -2.02. The molecule has 0 spiro atoms. The van der Waals surface area contributed by atoms with Gasteiger partial charge in [-0.15, -0.1) is 5.10 Å². The Labute approximate surface area is 108 Å². The van der Waals surface area contributed by atoms with Gasteiger partial charge < -0.3 is 0 Å². The highest BCUT2D eigenvalue weighted by atomic mass is 32.2. The van der Waals surface area contributed by atoms with Gasteiger partial charge in [0.2, 0.25) is 5.16 Å². The van der Waals surface area contributed by atoms with Gasteiger partial charge in [-0.1, -0.05) is 35.1 Å². The maximum Gasteiger partial charge on any atom is 0.214 e. The van der Waals surface area contributed by atoms with Crippen molar-refractivity contribution >= 4 is 11.8 Å². The van der Waals surface area contributed by atoms with E-state index in [0.717, 1.165) is 23.0 Å². The summed E-state index contributed by atoms with van der Waals surface area (Å²) in [5.74, 6) is 0.812. The van der Waals surface area contributed by atoms with Crippen molar-refractivity contribution in [1.82, 2.24) is 20.2 Å². The Bertz CT molecular complexity index is 532. The third kappa shape index (κ3) is 3.22. The average Bonchev–Trinajstić information content (AvgIpc) is 2.88. The van der Waals surface area contributed by atoms with Crippen LogP contribution in [0.15, 0.2) is 40.6 Å². The van der Waals surface area contributed by atoms with Crippen molar-refractivity contribution in [3.05, 3.63) is 40.8 Å². The molecular weight excluding hydrogens is 250 g/mol. The molecule has 1 aromatic heterocycles. The topological polar surface area (TPSA) is 92.4 Å². The van der Waals surface area contributed by atoms with Crippen molar-refractivity contribution in [3.63, 3.8) is 0 Å². The van der Waals surface area contributed by atoms with E-state index >= 15 is 0 Å². The van der Waals surface area contributed by atoms with Crippen molar-refractivity contribution in [1.29, 1.82) is 0 Å². The summed E-state index contributed by atoms with van der Waals surface area (Å²) in [4.78, 5) is 2.71. The standard InChI is InChI=1S/C10H11N7S/c11-14-12-7-4-8-18-10-13-15-16-17(10)9-5-2-1-3-6-9/h1-3,5-6H,4,7-8H2. The molecule has 18 heavy (non-hydrogen) atoms. The molecule has 0 radical (unpaired) electrons. The van der Waals surface area contributed by atoms with Crippen LogP contribution in [0.25, 0.3) is 16.1 Å². The molecule has 0 N–H and O–H groups in total. The number of thioether (sulfide) groups is 1. The van der Waals surface area contributed by atoms with Crippen LogP contribution in [0.4, 0.5) is 0 Å². The quantitative estimate of drug-likeness (QED) is 0.262. The van der Waals surface area contributed by atoms with E-state index < -0.39 is 0 Å². The molecule has 0 aliphatic heterocycles. The number of hydrogen-bond acceptors (Lipinski definition) is 5. The number of rotatable bonds is 6. The maximum atomic E-state index is 8.16. The normalized spacial score (nSPS) is 10.0. The van der Waals surface area contributed by atoms with Gasteiger partial charge in [0, 0.05) is 17.2 Å². The van der Waals surface area contributed by atoms with E-state index in [4.69, 9.17) is 5.53 Å². The van der Waals surface area contributed by atoms with Crippen molar-refractivity contribution in [2.24, 2.45) is 5.11 Å². The minimum absolute atomic E-state index is 0.496. The Hall–Kier alpha value is -2.05. The van der Waals surface area contributed by atoms with Crippen molar-refractivity contribution < 1.29 is 0 Å². The van der Waals surface area contributed by atoms with E-state index in [9.17, 15) is 0 Å². The van der Waals surface area contributed by atoms with Crippen molar-refractivity contribution in [3.8, 4) is 5.69 Å². The molecule has 0 fully saturated rings. The summed E-state index contributed by atoms with van der Waals surface area (Å²) in [6.45, 7) is 0.496. The van der Waals surface area contributed by atoms with Crippen LogP contribution in [0.1, 0.15) is 6.42 Å². The smallest absolute Gasteiger partial charge is 0.188 e. The molecule has 92 valence electrons. The monoisotopic (exact) mass is 261 g/mol. The first-order chi connectivity index (χ1) is 8.92. The van der Waals surface area contributed by atoms with Gasteiger partial charge in [-0.05, 0) is 34.5 Å². The van der Waals surface area contributed by atoms with Crippen LogP contribution in [0.5, 0.6) is 0 Å². The maximum absolute atomic E-state index is 8.16. The second-order valence-electron chi connectivity index (χ2n) is 3.37. The lowest BCUT2D eigenvalue weighted by molar-refractivity contribution is 0.756. The summed E-state index contributed by atoms with van der Waals surface area (Å²) in [5, 5.41) is 15.8. The summed E-state index contributed by atoms with van der Waals surface area (Å²) in [6, 6.07) is 9.71. The number of para-hydroxylation sites is 1. The SMILES string of the molecule is [N-]=[N+]=NCCCSc1nnnn1-c1ccccc1. The first-order valence-electron chi connectivity index (χ1n) is 5.39. The molecule has 0 aliphatic rings. The molecule has 2 aromatic rings. The van der Waals surface area contributed by atoms with E-state index in [2.05, 4.69) is 25.6 Å². The molecule has 8 heteroatoms. The van der Waals surface area contributed by atoms with Gasteiger partial charge in [-0.3, -0.25) is 0 Å². The van der Waals surface area contributed by atoms with Crippen LogP contribution in [-0.4, -0.2) is 32.5 Å². The molecule has 0 unspecified atom stereocenters. The molecule has 7 nitrogen and oxygen atoms in total. The van der Waals surface area contributed by atoms with Gasteiger partial charge >= 0.3 is 0 Å². The van der Waals surface area contributed by atoms with E-state index in [1.165, 1.54) is 0 Å². The Morgan fingerprint density at radius 2 is 2.17 bits per heavy atom. The lowest BCUT2D eigenvalue weighted by atomic mass is 10.3. The molecular formula is C10H11N7S. The van der Waals surface area contributed by atoms with Gasteiger partial charge in [0.25, 0.3) is 0 Å². The van der Waals surface area contributed by atoms with Crippen LogP contribution >= 0.6 is 11.8 Å². The fourth-order valence-electron chi connectivity index (χ4n) is 1.34. The molecule has 0 bridgehead atoms. The first kappa shape index (κ1) is 12.4. The van der Waals surface area contributed by atoms with Gasteiger partial charge in [-0.25, -0.2) is 0 Å². The van der Waals surface area contributed by atoms with Gasteiger partial charge in [0.1, 0.15) is 0 Å². The van der Waals surface area contributed by atoms with Gasteiger partial charge in [-0.2, -0.15) is 4.68 Å². The summed E-state index contributed by atoms with van der Waals surface area (Å²) in [5.41, 5.74) is 9.09. The summed E-state index contributed by atoms with van der Waals surface area (Å²) in [6.07, 6.45) is 0.802. The molecule has 0 saturated carbocycles. The van der Waals surface area contributed by atoms with Gasteiger partial charge in [0.05, 0.1) is 5.69 Å². The van der Waals surface area contributed by atoms with Crippen LogP contribution in [0.2, 0.25) is 0 Å². The van der Waals surface area contributed by atoms with Gasteiger partial charge in [0.15, 0.2) is 0 Å². The zero-order valence-electron chi connectivity index (χ0n) is 9.55. The second kappa shape index (κ2) is 6.63. The zero-order valence-corrected chi connectivity index (χ0v) is 10.4. The number of benzene rings is 1. The number of azide groups is 1. The van der Waals surface area contributed by atoms with Crippen molar-refractivity contribution in [2.75, 3.05) is 12.3 Å². The van der Waals surface area contributed by atoms with Crippen LogP contribution in [-0.2, 0) is 0 Å². The van der Waals surface area contributed by atoms with Crippen LogP contribution in [0.3, 0.4) is 0 Å². The predicted octanol–water partition coefficient (Wildman–Crippen LogP) is 2.45. The third-order valence-corrected chi connectivity index (χ3v) is 3.14. The molecule has 1 heterocycles. The third-order valence-electron chi connectivity index (χ3n) is 2.14. The summed E-state index contributed by atoms with van der Waals surface area (Å²) < 4.78 is 1.69. The molecule has 0 aliphatic carbocycles. The summed E-state index contributed by atoms with van der Waals surface area (Å²) in [7, 11) is 0. The molecule has 0 atom stereocenters. The Kier molecular flexibility index (Phi) is 4.57. The van der Waals surface area contributed by atoms with E-state index in [1.807, 2.05) is 30.3 Å². The minimum Gasteiger partial charge on any atom is -0.188 e. The Morgan fingerprint density at radius 1 is 1.33 bits per heavy atom. The average molecular weight is 261 g/mol. The Balaban J connectivity index is 1.98. The minimum atomic E-state index is 0.496. The van der Waals surface area contributed by atoms with Crippen LogP contribution in [0, 0.1) is 0 Å². The summed E-state index contributed by atoms with van der Waals surface area (Å²) >= 11 is 1.54. The van der Waals surface area contributed by atoms with E-state index in [1.54, 1.807) is 16.4 Å². The molecule has 0 saturated heterocycles. The largest absolute Gasteiger partial charge is 0.214 e. The van der Waals surface area contributed by atoms with E-state index in [0.29, 0.717) is 6.54 Å². The fraction of sp³-hybridized carbons (Fsp3) is 0.300. The second-order valence-corrected chi connectivity index (χ2v) is 4.43. The molecule has 0 amide bonds. The highest BCUT2D eigenvalue weighted by Crippen LogP contribution is 2.18. The highest BCUT2D eigenvalue weighted by molar-refractivity contribution is 7.99. The number of nitrogens with zero attached hydrogens (tertiary/aromatic N) is 7. The number of aromatic nitrogens is 4. The fourth-order valence-corrected chi connectivity index (χ4v) is 2.16. The zero-order chi connectivity index (χ0) is 12.6.